The second-order valence-corrected chi connectivity index (χ2v) is 4.19. The fourth-order valence-corrected chi connectivity index (χ4v) is 2.13. The van der Waals surface area contributed by atoms with Gasteiger partial charge in [-0.15, -0.1) is 0 Å². The molecule has 0 saturated carbocycles. The lowest BCUT2D eigenvalue weighted by Gasteiger charge is -2.23. The molecule has 2 N–H and O–H groups in total. The monoisotopic (exact) mass is 194 g/mol. The largest absolute Gasteiger partial charge is 0.352 e. The number of carbonyl (C=O) groups excluding carboxylic acids is 1. The van der Waals surface area contributed by atoms with E-state index >= 15 is 0 Å². The van der Waals surface area contributed by atoms with Crippen molar-refractivity contribution >= 4 is 5.91 Å². The normalized spacial score (nSPS) is 27.9. The van der Waals surface area contributed by atoms with Gasteiger partial charge in [-0.1, -0.05) is 12.2 Å². The summed E-state index contributed by atoms with van der Waals surface area (Å²) in [5.74, 6) is 0.440. The van der Waals surface area contributed by atoms with E-state index < -0.39 is 0 Å². The lowest BCUT2D eigenvalue weighted by atomic mass is 9.98. The predicted molar refractivity (Wildman–Crippen MR) is 55.9 cm³/mol. The summed E-state index contributed by atoms with van der Waals surface area (Å²) < 4.78 is 0. The SMILES string of the molecule is O=C(NC1CC=CC1)C1CCCNC1. The quantitative estimate of drug-likeness (QED) is 0.639. The van der Waals surface area contributed by atoms with Crippen LogP contribution >= 0.6 is 0 Å². The van der Waals surface area contributed by atoms with E-state index in [-0.39, 0.29) is 11.8 Å². The Labute approximate surface area is 84.9 Å². The molecule has 0 radical (unpaired) electrons. The Hall–Kier alpha value is -0.830. The van der Waals surface area contributed by atoms with Crippen LogP contribution in [0.1, 0.15) is 25.7 Å². The molecule has 14 heavy (non-hydrogen) atoms. The number of rotatable bonds is 2. The fraction of sp³-hybridized carbons (Fsp3) is 0.727. The van der Waals surface area contributed by atoms with Crippen LogP contribution in [-0.2, 0) is 4.79 Å². The molecule has 1 amide bonds. The summed E-state index contributed by atoms with van der Waals surface area (Å²) in [5, 5.41) is 6.37. The Morgan fingerprint density at radius 1 is 1.36 bits per heavy atom. The summed E-state index contributed by atoms with van der Waals surface area (Å²) in [5.41, 5.74) is 0. The van der Waals surface area contributed by atoms with E-state index in [9.17, 15) is 4.79 Å². The lowest BCUT2D eigenvalue weighted by molar-refractivity contribution is -0.126. The van der Waals surface area contributed by atoms with Gasteiger partial charge in [0, 0.05) is 12.6 Å². The van der Waals surface area contributed by atoms with Gasteiger partial charge in [-0.25, -0.2) is 0 Å². The molecule has 2 rings (SSSR count). The Bertz CT molecular complexity index is 223. The third kappa shape index (κ3) is 2.35. The molecule has 1 aliphatic carbocycles. The van der Waals surface area contributed by atoms with E-state index in [1.54, 1.807) is 0 Å². The van der Waals surface area contributed by atoms with Crippen LogP contribution in [0.2, 0.25) is 0 Å². The van der Waals surface area contributed by atoms with Crippen molar-refractivity contribution in [3.05, 3.63) is 12.2 Å². The van der Waals surface area contributed by atoms with Crippen LogP contribution in [0.25, 0.3) is 0 Å². The molecular weight excluding hydrogens is 176 g/mol. The third-order valence-corrected chi connectivity index (χ3v) is 3.02. The van der Waals surface area contributed by atoms with Crippen LogP contribution in [0.5, 0.6) is 0 Å². The molecule has 1 saturated heterocycles. The van der Waals surface area contributed by atoms with E-state index in [0.717, 1.165) is 38.8 Å². The van der Waals surface area contributed by atoms with Crippen molar-refractivity contribution in [1.29, 1.82) is 0 Å². The number of hydrogen-bond donors (Lipinski definition) is 2. The standard InChI is InChI=1S/C11H18N2O/c14-11(9-4-3-7-12-8-9)13-10-5-1-2-6-10/h1-2,9-10,12H,3-8H2,(H,13,14). The fourth-order valence-electron chi connectivity index (χ4n) is 2.13. The molecule has 1 fully saturated rings. The highest BCUT2D eigenvalue weighted by Gasteiger charge is 2.23. The number of amides is 1. The second-order valence-electron chi connectivity index (χ2n) is 4.19. The highest BCUT2D eigenvalue weighted by molar-refractivity contribution is 5.79. The second kappa shape index (κ2) is 4.60. The van der Waals surface area contributed by atoms with Gasteiger partial charge in [0.05, 0.1) is 5.92 Å². The lowest BCUT2D eigenvalue weighted by Crippen LogP contribution is -2.43. The summed E-state index contributed by atoms with van der Waals surface area (Å²) in [4.78, 5) is 11.8. The van der Waals surface area contributed by atoms with Gasteiger partial charge in [-0.2, -0.15) is 0 Å². The van der Waals surface area contributed by atoms with E-state index in [0.29, 0.717) is 6.04 Å². The van der Waals surface area contributed by atoms with Gasteiger partial charge in [-0.05, 0) is 32.2 Å². The first-order chi connectivity index (χ1) is 6.86. The highest BCUT2D eigenvalue weighted by Crippen LogP contribution is 2.13. The van der Waals surface area contributed by atoms with Gasteiger partial charge >= 0.3 is 0 Å². The molecule has 0 aromatic rings. The zero-order chi connectivity index (χ0) is 9.80. The summed E-state index contributed by atoms with van der Waals surface area (Å²) in [6, 6.07) is 0.365. The highest BCUT2D eigenvalue weighted by atomic mass is 16.2. The van der Waals surface area contributed by atoms with Crippen LogP contribution in [0.3, 0.4) is 0 Å². The molecule has 78 valence electrons. The maximum atomic E-state index is 11.8. The summed E-state index contributed by atoms with van der Waals surface area (Å²) in [6.07, 6.45) is 8.46. The van der Waals surface area contributed by atoms with Crippen LogP contribution in [0.15, 0.2) is 12.2 Å². The molecular formula is C11H18N2O. The van der Waals surface area contributed by atoms with E-state index in [4.69, 9.17) is 0 Å². The Morgan fingerprint density at radius 3 is 2.79 bits per heavy atom. The minimum absolute atomic E-state index is 0.198. The van der Waals surface area contributed by atoms with Crippen LogP contribution in [0.4, 0.5) is 0 Å². The minimum atomic E-state index is 0.198. The number of carbonyl (C=O) groups is 1. The van der Waals surface area contributed by atoms with Crippen molar-refractivity contribution in [3.63, 3.8) is 0 Å². The van der Waals surface area contributed by atoms with Crippen LogP contribution in [0, 0.1) is 5.92 Å². The van der Waals surface area contributed by atoms with Gasteiger partial charge in [0.1, 0.15) is 0 Å². The van der Waals surface area contributed by atoms with Crippen molar-refractivity contribution < 1.29 is 4.79 Å². The first-order valence-corrected chi connectivity index (χ1v) is 5.52. The topological polar surface area (TPSA) is 41.1 Å². The summed E-state index contributed by atoms with van der Waals surface area (Å²) >= 11 is 0. The molecule has 1 unspecified atom stereocenters. The van der Waals surface area contributed by atoms with Gasteiger partial charge in [0.2, 0.25) is 5.91 Å². The predicted octanol–water partition coefficient (Wildman–Crippen LogP) is 0.821. The van der Waals surface area contributed by atoms with Gasteiger partial charge in [-0.3, -0.25) is 4.79 Å². The average Bonchev–Trinajstić information content (AvgIpc) is 2.72. The first kappa shape index (κ1) is 9.71. The molecule has 2 aliphatic rings. The molecule has 0 aromatic heterocycles. The zero-order valence-electron chi connectivity index (χ0n) is 8.46. The van der Waals surface area contributed by atoms with Gasteiger partial charge in [0.25, 0.3) is 0 Å². The smallest absolute Gasteiger partial charge is 0.224 e. The van der Waals surface area contributed by atoms with E-state index in [2.05, 4.69) is 22.8 Å². The summed E-state index contributed by atoms with van der Waals surface area (Å²) in [6.45, 7) is 1.92. The Balaban J connectivity index is 1.76. The van der Waals surface area contributed by atoms with Crippen molar-refractivity contribution in [2.24, 2.45) is 5.92 Å². The zero-order valence-corrected chi connectivity index (χ0v) is 8.46. The number of hydrogen-bond acceptors (Lipinski definition) is 2. The molecule has 3 heteroatoms. The summed E-state index contributed by atoms with van der Waals surface area (Å²) in [7, 11) is 0. The number of piperidine rings is 1. The first-order valence-electron chi connectivity index (χ1n) is 5.52. The van der Waals surface area contributed by atoms with E-state index in [1.807, 2.05) is 0 Å². The van der Waals surface area contributed by atoms with Crippen molar-refractivity contribution in [3.8, 4) is 0 Å². The van der Waals surface area contributed by atoms with Crippen LogP contribution in [-0.4, -0.2) is 25.0 Å². The molecule has 1 aliphatic heterocycles. The average molecular weight is 194 g/mol. The Kier molecular flexibility index (Phi) is 3.19. The maximum Gasteiger partial charge on any atom is 0.224 e. The molecule has 0 bridgehead atoms. The number of nitrogens with one attached hydrogen (secondary N) is 2. The maximum absolute atomic E-state index is 11.8. The molecule has 0 spiro atoms. The van der Waals surface area contributed by atoms with Crippen molar-refractivity contribution in [1.82, 2.24) is 10.6 Å². The van der Waals surface area contributed by atoms with Crippen LogP contribution < -0.4 is 10.6 Å². The van der Waals surface area contributed by atoms with E-state index in [1.165, 1.54) is 0 Å². The van der Waals surface area contributed by atoms with Gasteiger partial charge in [0.15, 0.2) is 0 Å². The minimum Gasteiger partial charge on any atom is -0.352 e. The molecule has 0 aromatic carbocycles. The van der Waals surface area contributed by atoms with Crippen molar-refractivity contribution in [2.75, 3.05) is 13.1 Å². The van der Waals surface area contributed by atoms with Gasteiger partial charge < -0.3 is 10.6 Å². The molecule has 1 atom stereocenters. The molecule has 3 nitrogen and oxygen atoms in total. The third-order valence-electron chi connectivity index (χ3n) is 3.02. The molecule has 1 heterocycles. The van der Waals surface area contributed by atoms with Crippen molar-refractivity contribution in [2.45, 2.75) is 31.7 Å². The Morgan fingerprint density at radius 2 is 2.14 bits per heavy atom.